The van der Waals surface area contributed by atoms with Crippen LogP contribution in [0.3, 0.4) is 0 Å². The van der Waals surface area contributed by atoms with Gasteiger partial charge in [-0.25, -0.2) is 9.59 Å². The maximum atomic E-state index is 13.2. The molecule has 338 valence electrons. The Kier molecular flexibility index (Phi) is 16.3. The van der Waals surface area contributed by atoms with Gasteiger partial charge in [0.2, 0.25) is 0 Å². The van der Waals surface area contributed by atoms with E-state index in [1.54, 1.807) is 24.3 Å². The Morgan fingerprint density at radius 1 is 0.754 bits per heavy atom. The zero-order valence-corrected chi connectivity index (χ0v) is 39.9. The third-order valence-corrected chi connectivity index (χ3v) is 17.1. The van der Waals surface area contributed by atoms with Crippen molar-refractivity contribution in [2.75, 3.05) is 13.2 Å². The Morgan fingerprint density at radius 2 is 1.33 bits per heavy atom. The van der Waals surface area contributed by atoms with Crippen molar-refractivity contribution in [1.82, 2.24) is 0 Å². The van der Waals surface area contributed by atoms with Gasteiger partial charge in [-0.3, -0.25) is 0 Å². The van der Waals surface area contributed by atoms with Gasteiger partial charge in [-0.2, -0.15) is 0 Å². The van der Waals surface area contributed by atoms with E-state index in [9.17, 15) is 19.8 Å². The molecule has 0 radical (unpaired) electrons. The Labute approximate surface area is 377 Å². The summed E-state index contributed by atoms with van der Waals surface area (Å²) < 4.78 is 11.0. The topological polar surface area (TPSA) is 93.1 Å². The summed E-state index contributed by atoms with van der Waals surface area (Å²) in [7, 11) is 0. The summed E-state index contributed by atoms with van der Waals surface area (Å²) in [5, 5.41) is 21.8. The molecule has 4 fully saturated rings. The minimum absolute atomic E-state index is 0.0180. The minimum Gasteiger partial charge on any atom is -0.505 e. The van der Waals surface area contributed by atoms with Crippen LogP contribution in [0.4, 0.5) is 0 Å². The molecule has 61 heavy (non-hydrogen) atoms. The van der Waals surface area contributed by atoms with Crippen LogP contribution < -0.4 is 0 Å². The van der Waals surface area contributed by atoms with Crippen molar-refractivity contribution in [3.63, 3.8) is 0 Å². The van der Waals surface area contributed by atoms with Crippen LogP contribution >= 0.6 is 23.2 Å². The average molecular weight is 880 g/mol. The number of carbonyl (C=O) groups excluding carboxylic acids is 2. The molecule has 6 nitrogen and oxygen atoms in total. The Balaban J connectivity index is 1.20. The van der Waals surface area contributed by atoms with E-state index in [0.29, 0.717) is 46.3 Å². The molecule has 8 heteroatoms. The smallest absolute Gasteiger partial charge is 0.341 e. The first-order valence-corrected chi connectivity index (χ1v) is 25.0. The summed E-state index contributed by atoms with van der Waals surface area (Å²) in [6.07, 6.45) is 23.4. The van der Waals surface area contributed by atoms with Gasteiger partial charge in [0.05, 0.1) is 23.3 Å². The molecule has 4 aliphatic carbocycles. The zero-order chi connectivity index (χ0) is 44.1. The first-order chi connectivity index (χ1) is 29.1. The number of carbonyl (C=O) groups is 2. The van der Waals surface area contributed by atoms with E-state index in [4.69, 9.17) is 32.7 Å². The highest BCUT2D eigenvalue weighted by Crippen LogP contribution is 2.69. The lowest BCUT2D eigenvalue weighted by atomic mass is 9.44. The zero-order valence-electron chi connectivity index (χ0n) is 38.4. The Hall–Kier alpha value is -2.70. The number of unbranched alkanes of at least 4 members (excludes halogenated alkanes) is 2. The Bertz CT molecular complexity index is 1790. The number of fused-ring (bicyclic) bond motifs is 5. The number of esters is 2. The van der Waals surface area contributed by atoms with Crippen LogP contribution in [0.15, 0.2) is 30.3 Å². The predicted octanol–water partition coefficient (Wildman–Crippen LogP) is 15.3. The third kappa shape index (κ3) is 10.5. The van der Waals surface area contributed by atoms with Crippen LogP contribution in [0, 0.1) is 58.2 Å². The molecule has 0 saturated heterocycles. The molecule has 4 saturated carbocycles. The summed E-state index contributed by atoms with van der Waals surface area (Å²) >= 11 is 13.2. The number of aromatic hydroxyl groups is 2. The molecule has 9 atom stereocenters. The maximum Gasteiger partial charge on any atom is 0.341 e. The summed E-state index contributed by atoms with van der Waals surface area (Å²) in [4.78, 5) is 26.4. The van der Waals surface area contributed by atoms with Crippen LogP contribution in [0.2, 0.25) is 10.0 Å². The number of phenols is 2. The molecular weight excluding hydrogens is 803 g/mol. The van der Waals surface area contributed by atoms with E-state index in [-0.39, 0.29) is 45.9 Å². The second kappa shape index (κ2) is 20.9. The number of benzene rings is 2. The first-order valence-electron chi connectivity index (χ1n) is 24.2. The van der Waals surface area contributed by atoms with Gasteiger partial charge in [-0.05, 0) is 183 Å². The molecule has 0 heterocycles. The molecule has 2 N–H and O–H groups in total. The van der Waals surface area contributed by atoms with Crippen LogP contribution in [0.25, 0.3) is 5.57 Å². The number of rotatable bonds is 18. The number of halogens is 2. The maximum absolute atomic E-state index is 13.2. The quantitative estimate of drug-likeness (QED) is 0.114. The Morgan fingerprint density at radius 3 is 1.90 bits per heavy atom. The van der Waals surface area contributed by atoms with Gasteiger partial charge < -0.3 is 19.7 Å². The van der Waals surface area contributed by atoms with Gasteiger partial charge in [0.1, 0.15) is 22.6 Å². The molecule has 2 aromatic carbocycles. The van der Waals surface area contributed by atoms with E-state index in [0.717, 1.165) is 67.1 Å². The molecule has 6 rings (SSSR count). The third-order valence-electron chi connectivity index (χ3n) is 16.5. The molecule has 0 aromatic heterocycles. The van der Waals surface area contributed by atoms with E-state index < -0.39 is 11.9 Å². The molecular formula is C53H76Cl2O6. The van der Waals surface area contributed by atoms with Crippen molar-refractivity contribution < 1.29 is 29.3 Å². The molecule has 2 aromatic rings. The van der Waals surface area contributed by atoms with Crippen molar-refractivity contribution in [3.8, 4) is 11.5 Å². The molecule has 0 spiro atoms. The number of allylic oxidation sites excluding steroid dienone is 1. The second-order valence-electron chi connectivity index (χ2n) is 20.7. The van der Waals surface area contributed by atoms with E-state index in [1.807, 2.05) is 13.8 Å². The second-order valence-corrected chi connectivity index (χ2v) is 21.5. The highest BCUT2D eigenvalue weighted by Gasteiger charge is 2.60. The fourth-order valence-electron chi connectivity index (χ4n) is 13.1. The lowest BCUT2D eigenvalue weighted by molar-refractivity contribution is -0.121. The lowest BCUT2D eigenvalue weighted by Crippen LogP contribution is -2.53. The SMILES string of the molecule is CCCCOC(=O)c1cc(C(=CCC[C@H]2CC[C@@]3(C)[C@@H](CC[C@@H]4[C@@H]3CC[C@]3(C)[C@@H](C(C)CCCC(C)C)CC[C@@H]43)C2)c2cc(Cl)c(O)c(C(=O)OCCCC)c2)cc(Cl)c1O. The predicted molar refractivity (Wildman–Crippen MR) is 249 cm³/mol. The van der Waals surface area contributed by atoms with Crippen LogP contribution in [-0.2, 0) is 9.47 Å². The van der Waals surface area contributed by atoms with Crippen LogP contribution in [0.5, 0.6) is 11.5 Å². The summed E-state index contributed by atoms with van der Waals surface area (Å²) in [5.41, 5.74) is 2.73. The van der Waals surface area contributed by atoms with E-state index in [2.05, 4.69) is 40.7 Å². The fourth-order valence-corrected chi connectivity index (χ4v) is 13.5. The number of hydrogen-bond acceptors (Lipinski definition) is 6. The van der Waals surface area contributed by atoms with Crippen molar-refractivity contribution in [1.29, 1.82) is 0 Å². The fraction of sp³-hybridized carbons (Fsp3) is 0.698. The van der Waals surface area contributed by atoms with Crippen LogP contribution in [-0.4, -0.2) is 35.4 Å². The molecule has 4 aliphatic rings. The van der Waals surface area contributed by atoms with Gasteiger partial charge in [0.15, 0.2) is 0 Å². The van der Waals surface area contributed by atoms with Crippen molar-refractivity contribution >= 4 is 40.7 Å². The molecule has 1 unspecified atom stereocenters. The molecule has 0 bridgehead atoms. The van der Waals surface area contributed by atoms with Gasteiger partial charge >= 0.3 is 11.9 Å². The largest absolute Gasteiger partial charge is 0.505 e. The summed E-state index contributed by atoms with van der Waals surface area (Å²) in [6, 6.07) is 6.46. The number of phenolic OH excluding ortho intramolecular Hbond substituents is 2. The number of ether oxygens (including phenoxy) is 2. The van der Waals surface area contributed by atoms with Crippen molar-refractivity contribution in [2.45, 2.75) is 164 Å². The van der Waals surface area contributed by atoms with Gasteiger partial charge in [-0.1, -0.05) is 110 Å². The van der Waals surface area contributed by atoms with Crippen molar-refractivity contribution in [2.24, 2.45) is 58.2 Å². The monoisotopic (exact) mass is 879 g/mol. The highest BCUT2D eigenvalue weighted by molar-refractivity contribution is 6.33. The van der Waals surface area contributed by atoms with Crippen molar-refractivity contribution in [3.05, 3.63) is 62.6 Å². The minimum atomic E-state index is -0.653. The average Bonchev–Trinajstić information content (AvgIpc) is 3.59. The first kappa shape index (κ1) is 47.8. The highest BCUT2D eigenvalue weighted by atomic mass is 35.5. The van der Waals surface area contributed by atoms with Gasteiger partial charge in [0.25, 0.3) is 0 Å². The van der Waals surface area contributed by atoms with E-state index in [1.165, 1.54) is 77.0 Å². The molecule has 0 aliphatic heterocycles. The van der Waals surface area contributed by atoms with E-state index >= 15 is 0 Å². The normalized spacial score (nSPS) is 28.7. The molecule has 0 amide bonds. The van der Waals surface area contributed by atoms with Gasteiger partial charge in [-0.15, -0.1) is 0 Å². The summed E-state index contributed by atoms with van der Waals surface area (Å²) in [6.45, 7) is 17.2. The van der Waals surface area contributed by atoms with Gasteiger partial charge in [0, 0.05) is 0 Å². The lowest BCUT2D eigenvalue weighted by Gasteiger charge is -2.61. The van der Waals surface area contributed by atoms with Crippen LogP contribution in [0.1, 0.15) is 196 Å². The summed E-state index contributed by atoms with van der Waals surface area (Å²) in [5.74, 6) is 4.51. The standard InChI is InChI=1S/C53H76Cl2O6/c1-8-10-26-60-50(58)41-29-36(31-46(54)48(41)56)39(37-30-42(49(57)47(55)32-37)51(59)61-27-11-9-2)17-13-16-35-22-24-52(6)38(28-35)18-19-40-44-21-20-43(34(5)15-12-14-33(3)4)53(44,7)25-23-45(40)52/h17,29-35,38,40,43-45,56-57H,8-16,18-28H2,1-7H3/t34?,35-,38-,40-,43+,44-,45-,52-,53+/m0/s1. The number of hydrogen-bond donors (Lipinski definition) is 2.